The molecule has 1 aromatic heterocycles. The molecule has 2 aliphatic rings. The van der Waals surface area contributed by atoms with E-state index in [1.54, 1.807) is 0 Å². The average Bonchev–Trinajstić information content (AvgIpc) is 3.39. The van der Waals surface area contributed by atoms with Crippen molar-refractivity contribution in [3.05, 3.63) is 113 Å². The maximum atomic E-state index is 3.80. The van der Waals surface area contributed by atoms with Gasteiger partial charge in [-0.25, -0.2) is 0 Å². The third-order valence-electron chi connectivity index (χ3n) is 8.92. The molecule has 1 nitrogen and oxygen atoms in total. The van der Waals surface area contributed by atoms with Crippen LogP contribution in [0.3, 0.4) is 0 Å². The number of benzene rings is 5. The first-order valence-corrected chi connectivity index (χ1v) is 13.4. The van der Waals surface area contributed by atoms with Crippen LogP contribution >= 0.6 is 0 Å². The van der Waals surface area contributed by atoms with E-state index in [4.69, 9.17) is 0 Å². The van der Waals surface area contributed by atoms with Crippen molar-refractivity contribution in [2.45, 2.75) is 32.6 Å². The summed E-state index contributed by atoms with van der Waals surface area (Å²) in [6, 6.07) is 32.0. The number of rotatable bonds is 1. The third-order valence-corrected chi connectivity index (χ3v) is 8.92. The van der Waals surface area contributed by atoms with E-state index < -0.39 is 0 Å². The van der Waals surface area contributed by atoms with E-state index in [0.29, 0.717) is 5.92 Å². The lowest BCUT2D eigenvalue weighted by atomic mass is 9.81. The number of hydrogen-bond acceptors (Lipinski definition) is 0. The number of aromatic nitrogens is 1. The lowest BCUT2D eigenvalue weighted by Gasteiger charge is -2.22. The predicted octanol–water partition coefficient (Wildman–Crippen LogP) is 9.65. The van der Waals surface area contributed by atoms with Crippen molar-refractivity contribution in [1.29, 1.82) is 0 Å². The van der Waals surface area contributed by atoms with E-state index in [0.717, 1.165) is 6.42 Å². The Morgan fingerprint density at radius 3 is 2.54 bits per heavy atom. The van der Waals surface area contributed by atoms with Gasteiger partial charge in [-0.05, 0) is 80.3 Å². The van der Waals surface area contributed by atoms with Gasteiger partial charge in [-0.3, -0.25) is 0 Å². The first kappa shape index (κ1) is 21.0. The molecule has 0 radical (unpaired) electrons. The van der Waals surface area contributed by atoms with Gasteiger partial charge in [0.25, 0.3) is 0 Å². The van der Waals surface area contributed by atoms with Crippen molar-refractivity contribution in [1.82, 2.24) is 4.98 Å². The number of nitrogens with one attached hydrogen (secondary N) is 1. The summed E-state index contributed by atoms with van der Waals surface area (Å²) >= 11 is 0. The summed E-state index contributed by atoms with van der Waals surface area (Å²) in [6.07, 6.45) is 5.73. The molecule has 0 spiro atoms. The highest BCUT2D eigenvalue weighted by Gasteiger charge is 2.36. The monoisotopic (exact) mass is 475 g/mol. The molecule has 0 saturated heterocycles. The maximum absolute atomic E-state index is 3.80. The van der Waals surface area contributed by atoms with Crippen LogP contribution in [0.15, 0.2) is 91.0 Å². The van der Waals surface area contributed by atoms with E-state index in [1.807, 2.05) is 0 Å². The van der Waals surface area contributed by atoms with Gasteiger partial charge in [-0.1, -0.05) is 99.7 Å². The Kier molecular flexibility index (Phi) is 4.11. The van der Waals surface area contributed by atoms with Gasteiger partial charge in [0.1, 0.15) is 0 Å². The molecular formula is C36H29N. The Morgan fingerprint density at radius 2 is 1.62 bits per heavy atom. The molecule has 5 aromatic carbocycles. The second-order valence-corrected chi connectivity index (χ2v) is 11.6. The first-order valence-electron chi connectivity index (χ1n) is 13.4. The van der Waals surface area contributed by atoms with Crippen LogP contribution in [0.4, 0.5) is 0 Å². The number of aromatic amines is 1. The Morgan fingerprint density at radius 1 is 0.757 bits per heavy atom. The van der Waals surface area contributed by atoms with Crippen LogP contribution in [-0.4, -0.2) is 4.98 Å². The van der Waals surface area contributed by atoms with Crippen molar-refractivity contribution in [3.63, 3.8) is 0 Å². The third kappa shape index (κ3) is 2.86. The quantitative estimate of drug-likeness (QED) is 0.244. The molecule has 178 valence electrons. The lowest BCUT2D eigenvalue weighted by molar-refractivity contribution is 0.661. The molecule has 37 heavy (non-hydrogen) atoms. The van der Waals surface area contributed by atoms with Gasteiger partial charge in [0, 0.05) is 27.3 Å². The Labute approximate surface area is 217 Å². The van der Waals surface area contributed by atoms with Gasteiger partial charge < -0.3 is 4.98 Å². The van der Waals surface area contributed by atoms with E-state index in [1.165, 1.54) is 77.1 Å². The Hall–Kier alpha value is -4.10. The minimum Gasteiger partial charge on any atom is -0.354 e. The number of H-pyrrole nitrogens is 1. The summed E-state index contributed by atoms with van der Waals surface area (Å²) in [5.41, 5.74) is 13.4. The van der Waals surface area contributed by atoms with Crippen molar-refractivity contribution in [2.24, 2.45) is 5.92 Å². The van der Waals surface area contributed by atoms with E-state index in [2.05, 4.69) is 123 Å². The standard InChI is InChI=1S/C36H29N/c1-21-11-12-23-20-33-30(18-25(23)17-21)28-10-6-9-27(35(28)37-33)24-13-15-29-32(19-24)36(2,3)31-16-14-22-7-4-5-8-26(22)34(29)31/h4-16,18-21,37H,17H2,1-3H3. The molecule has 0 fully saturated rings. The van der Waals surface area contributed by atoms with E-state index in [-0.39, 0.29) is 5.41 Å². The maximum Gasteiger partial charge on any atom is 0.0544 e. The van der Waals surface area contributed by atoms with Gasteiger partial charge in [0.15, 0.2) is 0 Å². The minimum atomic E-state index is -0.0405. The fourth-order valence-corrected chi connectivity index (χ4v) is 6.96. The fraction of sp³-hybridized carbons (Fsp3) is 0.167. The van der Waals surface area contributed by atoms with Crippen LogP contribution < -0.4 is 0 Å². The molecule has 0 saturated carbocycles. The van der Waals surface area contributed by atoms with Gasteiger partial charge in [0.05, 0.1) is 5.52 Å². The number of allylic oxidation sites excluding steroid dienone is 1. The molecule has 6 aromatic rings. The second-order valence-electron chi connectivity index (χ2n) is 11.6. The average molecular weight is 476 g/mol. The highest BCUT2D eigenvalue weighted by atomic mass is 14.7. The van der Waals surface area contributed by atoms with Crippen molar-refractivity contribution >= 4 is 38.7 Å². The Bertz CT molecular complexity index is 1950. The lowest BCUT2D eigenvalue weighted by Crippen LogP contribution is -2.15. The first-order chi connectivity index (χ1) is 18.0. The summed E-state index contributed by atoms with van der Waals surface area (Å²) in [5.74, 6) is 0.599. The topological polar surface area (TPSA) is 15.8 Å². The largest absolute Gasteiger partial charge is 0.354 e. The molecule has 1 heteroatoms. The van der Waals surface area contributed by atoms with E-state index >= 15 is 0 Å². The summed E-state index contributed by atoms with van der Waals surface area (Å²) in [6.45, 7) is 7.05. The van der Waals surface area contributed by atoms with Gasteiger partial charge in [-0.2, -0.15) is 0 Å². The molecule has 2 aliphatic carbocycles. The van der Waals surface area contributed by atoms with E-state index in [9.17, 15) is 0 Å². The Balaban J connectivity index is 1.34. The molecule has 1 unspecified atom stereocenters. The minimum absolute atomic E-state index is 0.0405. The molecule has 0 amide bonds. The summed E-state index contributed by atoms with van der Waals surface area (Å²) in [7, 11) is 0. The molecule has 0 aliphatic heterocycles. The van der Waals surface area contributed by atoms with Gasteiger partial charge >= 0.3 is 0 Å². The van der Waals surface area contributed by atoms with Gasteiger partial charge in [0.2, 0.25) is 0 Å². The zero-order chi connectivity index (χ0) is 24.9. The second kappa shape index (κ2) is 7.23. The van der Waals surface area contributed by atoms with Gasteiger partial charge in [-0.15, -0.1) is 0 Å². The number of hydrogen-bond donors (Lipinski definition) is 1. The van der Waals surface area contributed by atoms with Crippen LogP contribution in [0.1, 0.15) is 43.0 Å². The smallest absolute Gasteiger partial charge is 0.0544 e. The molecular weight excluding hydrogens is 446 g/mol. The van der Waals surface area contributed by atoms with Crippen molar-refractivity contribution < 1.29 is 0 Å². The number of fused-ring (bicyclic) bond motifs is 9. The van der Waals surface area contributed by atoms with Crippen molar-refractivity contribution in [2.75, 3.05) is 0 Å². The van der Waals surface area contributed by atoms with Crippen LogP contribution in [0.5, 0.6) is 0 Å². The number of para-hydroxylation sites is 1. The highest BCUT2D eigenvalue weighted by Crippen LogP contribution is 2.52. The zero-order valence-electron chi connectivity index (χ0n) is 21.5. The zero-order valence-corrected chi connectivity index (χ0v) is 21.5. The fourth-order valence-electron chi connectivity index (χ4n) is 6.96. The summed E-state index contributed by atoms with van der Waals surface area (Å²) in [4.78, 5) is 3.80. The van der Waals surface area contributed by atoms with Crippen LogP contribution in [0.2, 0.25) is 0 Å². The highest BCUT2D eigenvalue weighted by molar-refractivity contribution is 6.13. The van der Waals surface area contributed by atoms with Crippen molar-refractivity contribution in [3.8, 4) is 22.3 Å². The summed E-state index contributed by atoms with van der Waals surface area (Å²) < 4.78 is 0. The summed E-state index contributed by atoms with van der Waals surface area (Å²) in [5, 5.41) is 5.30. The van der Waals surface area contributed by atoms with Crippen LogP contribution in [0, 0.1) is 5.92 Å². The van der Waals surface area contributed by atoms with Crippen LogP contribution in [-0.2, 0) is 11.8 Å². The molecule has 0 bridgehead atoms. The van der Waals surface area contributed by atoms with Crippen LogP contribution in [0.25, 0.3) is 60.9 Å². The molecule has 8 rings (SSSR count). The predicted molar refractivity (Wildman–Crippen MR) is 158 cm³/mol. The molecule has 1 atom stereocenters. The molecule has 1 N–H and O–H groups in total. The molecule has 1 heterocycles. The SMILES string of the molecule is CC1C=Cc2cc3[nH]c4c(-c5ccc6c(c5)C(C)(C)c5ccc7ccccc7c5-6)cccc4c3cc2C1. The normalized spacial score (nSPS) is 17.3.